The number of esters is 3. The Hall–Kier alpha value is -3.41. The van der Waals surface area contributed by atoms with Crippen molar-refractivity contribution in [2.45, 2.75) is 258 Å². The van der Waals surface area contributed by atoms with E-state index in [4.69, 9.17) is 14.2 Å². The Balaban J connectivity index is 4.45. The molecular weight excluding hydrogens is 805 g/mol. The summed E-state index contributed by atoms with van der Waals surface area (Å²) in [6.45, 7) is 6.44. The zero-order valence-corrected chi connectivity index (χ0v) is 42.5. The van der Waals surface area contributed by atoms with Crippen LogP contribution in [0.2, 0.25) is 0 Å². The standard InChI is InChI=1S/C59H100O6/c1-4-7-10-13-16-19-22-25-27-28-29-30-32-35-38-41-44-47-50-53-59(62)65-56(54-63-57(60)51-48-45-42-39-36-33-24-21-18-15-12-9-6-3)55-64-58(61)52-49-46-43-40-37-34-31-26-23-20-17-14-11-8-5-2/h8,11,16-17,19-21,24-27,31,37,40,56H,4-7,9-10,12-15,18,22-23,28-30,32-36,38-39,41-55H2,1-3H3/b11-8-,19-16-,20-17-,24-21-,27-25-,31-26-,40-37-/t56-/m0/s1. The first-order valence-corrected chi connectivity index (χ1v) is 27.1. The van der Waals surface area contributed by atoms with Gasteiger partial charge in [0.15, 0.2) is 6.10 Å². The van der Waals surface area contributed by atoms with E-state index in [0.717, 1.165) is 96.3 Å². The molecule has 65 heavy (non-hydrogen) atoms. The minimum atomic E-state index is -0.799. The highest BCUT2D eigenvalue weighted by atomic mass is 16.6. The minimum Gasteiger partial charge on any atom is -0.462 e. The normalized spacial score (nSPS) is 12.7. The molecule has 0 saturated carbocycles. The second-order valence-corrected chi connectivity index (χ2v) is 17.7. The molecule has 0 aromatic carbocycles. The van der Waals surface area contributed by atoms with Gasteiger partial charge in [0.2, 0.25) is 0 Å². The van der Waals surface area contributed by atoms with Crippen LogP contribution in [0.4, 0.5) is 0 Å². The van der Waals surface area contributed by atoms with Crippen LogP contribution in [0.1, 0.15) is 252 Å². The largest absolute Gasteiger partial charge is 0.462 e. The van der Waals surface area contributed by atoms with E-state index < -0.39 is 6.10 Å². The van der Waals surface area contributed by atoms with Gasteiger partial charge in [-0.2, -0.15) is 0 Å². The van der Waals surface area contributed by atoms with Crippen molar-refractivity contribution in [3.8, 4) is 0 Å². The molecule has 0 heterocycles. The predicted molar refractivity (Wildman–Crippen MR) is 279 cm³/mol. The van der Waals surface area contributed by atoms with Crippen LogP contribution in [-0.2, 0) is 28.6 Å². The lowest BCUT2D eigenvalue weighted by Crippen LogP contribution is -2.30. The molecule has 0 aromatic heterocycles. The highest BCUT2D eigenvalue weighted by Crippen LogP contribution is 2.14. The van der Waals surface area contributed by atoms with Gasteiger partial charge in [0.05, 0.1) is 0 Å². The summed E-state index contributed by atoms with van der Waals surface area (Å²) in [6, 6.07) is 0. The summed E-state index contributed by atoms with van der Waals surface area (Å²) in [5.41, 5.74) is 0. The van der Waals surface area contributed by atoms with Crippen molar-refractivity contribution in [1.29, 1.82) is 0 Å². The molecule has 0 rings (SSSR count). The third kappa shape index (κ3) is 51.4. The summed E-state index contributed by atoms with van der Waals surface area (Å²) in [5, 5.41) is 0. The van der Waals surface area contributed by atoms with Gasteiger partial charge in [-0.25, -0.2) is 0 Å². The van der Waals surface area contributed by atoms with E-state index in [9.17, 15) is 14.4 Å². The van der Waals surface area contributed by atoms with Crippen molar-refractivity contribution in [3.05, 3.63) is 85.1 Å². The Morgan fingerprint density at radius 3 is 1.02 bits per heavy atom. The molecule has 0 spiro atoms. The SMILES string of the molecule is CC/C=C\C/C=C\C/C=C\C/C=C\CCCCC(=O)OC[C@H](COC(=O)CCCCCCC/C=C\CCCCCC)OC(=O)CCCCCCCCCCC/C=C\C/C=C\CCCCC. The Kier molecular flexibility index (Phi) is 50.4. The van der Waals surface area contributed by atoms with Crippen molar-refractivity contribution in [2.75, 3.05) is 13.2 Å². The molecule has 0 radical (unpaired) electrons. The van der Waals surface area contributed by atoms with Gasteiger partial charge in [-0.1, -0.05) is 202 Å². The van der Waals surface area contributed by atoms with Crippen molar-refractivity contribution in [2.24, 2.45) is 0 Å². The predicted octanol–water partition coefficient (Wildman–Crippen LogP) is 18.0. The highest BCUT2D eigenvalue weighted by molar-refractivity contribution is 5.71. The lowest BCUT2D eigenvalue weighted by Gasteiger charge is -2.18. The first kappa shape index (κ1) is 61.6. The molecular formula is C59H100O6. The molecule has 372 valence electrons. The lowest BCUT2D eigenvalue weighted by atomic mass is 10.1. The molecule has 0 saturated heterocycles. The first-order valence-electron chi connectivity index (χ1n) is 27.1. The van der Waals surface area contributed by atoms with Gasteiger partial charge in [0, 0.05) is 19.3 Å². The van der Waals surface area contributed by atoms with Crippen LogP contribution in [0.25, 0.3) is 0 Å². The monoisotopic (exact) mass is 905 g/mol. The zero-order valence-electron chi connectivity index (χ0n) is 42.5. The van der Waals surface area contributed by atoms with Crippen LogP contribution >= 0.6 is 0 Å². The quantitative estimate of drug-likeness (QED) is 0.0262. The molecule has 0 fully saturated rings. The van der Waals surface area contributed by atoms with E-state index in [1.54, 1.807) is 0 Å². The number of allylic oxidation sites excluding steroid dienone is 14. The smallest absolute Gasteiger partial charge is 0.306 e. The fraction of sp³-hybridized carbons (Fsp3) is 0.712. The van der Waals surface area contributed by atoms with Crippen molar-refractivity contribution in [3.63, 3.8) is 0 Å². The van der Waals surface area contributed by atoms with Crippen molar-refractivity contribution in [1.82, 2.24) is 0 Å². The number of unbranched alkanes of at least 4 members (excludes halogenated alkanes) is 23. The van der Waals surface area contributed by atoms with E-state index in [0.29, 0.717) is 19.3 Å². The topological polar surface area (TPSA) is 78.9 Å². The van der Waals surface area contributed by atoms with Crippen LogP contribution in [0, 0.1) is 0 Å². The fourth-order valence-corrected chi connectivity index (χ4v) is 7.28. The van der Waals surface area contributed by atoms with Crippen LogP contribution in [0.15, 0.2) is 85.1 Å². The molecule has 0 aromatic rings. The number of carbonyl (C=O) groups is 3. The van der Waals surface area contributed by atoms with Crippen LogP contribution in [0.3, 0.4) is 0 Å². The van der Waals surface area contributed by atoms with Crippen molar-refractivity contribution < 1.29 is 28.6 Å². The van der Waals surface area contributed by atoms with E-state index in [1.165, 1.54) is 116 Å². The van der Waals surface area contributed by atoms with Gasteiger partial charge < -0.3 is 14.2 Å². The molecule has 6 nitrogen and oxygen atoms in total. The van der Waals surface area contributed by atoms with Crippen LogP contribution < -0.4 is 0 Å². The molecule has 0 unspecified atom stereocenters. The number of rotatable bonds is 48. The minimum absolute atomic E-state index is 0.0959. The second kappa shape index (κ2) is 53.2. The Bertz CT molecular complexity index is 1270. The molecule has 0 aliphatic carbocycles. The summed E-state index contributed by atoms with van der Waals surface area (Å²) in [4.78, 5) is 38.0. The molecule has 0 bridgehead atoms. The van der Waals surface area contributed by atoms with Gasteiger partial charge in [-0.05, 0) is 116 Å². The summed E-state index contributed by atoms with van der Waals surface area (Å²) in [6.07, 6.45) is 68.5. The second-order valence-electron chi connectivity index (χ2n) is 17.7. The first-order chi connectivity index (χ1) is 32.0. The van der Waals surface area contributed by atoms with E-state index in [-0.39, 0.29) is 31.1 Å². The number of ether oxygens (including phenoxy) is 3. The molecule has 0 amide bonds. The zero-order chi connectivity index (χ0) is 47.2. The summed E-state index contributed by atoms with van der Waals surface area (Å²) in [7, 11) is 0. The maximum Gasteiger partial charge on any atom is 0.306 e. The average molecular weight is 905 g/mol. The average Bonchev–Trinajstić information content (AvgIpc) is 3.30. The van der Waals surface area contributed by atoms with Gasteiger partial charge in [0.1, 0.15) is 13.2 Å². The third-order valence-electron chi connectivity index (χ3n) is 11.4. The molecule has 6 heteroatoms. The highest BCUT2D eigenvalue weighted by Gasteiger charge is 2.19. The molecule has 0 aliphatic rings. The summed E-state index contributed by atoms with van der Waals surface area (Å²) in [5.74, 6) is -0.950. The number of hydrogen-bond donors (Lipinski definition) is 0. The van der Waals surface area contributed by atoms with Gasteiger partial charge in [-0.3, -0.25) is 14.4 Å². The summed E-state index contributed by atoms with van der Waals surface area (Å²) >= 11 is 0. The fourth-order valence-electron chi connectivity index (χ4n) is 7.28. The van der Waals surface area contributed by atoms with Crippen LogP contribution in [0.5, 0.6) is 0 Å². The van der Waals surface area contributed by atoms with Crippen molar-refractivity contribution >= 4 is 17.9 Å². The maximum absolute atomic E-state index is 12.8. The van der Waals surface area contributed by atoms with E-state index in [2.05, 4.69) is 106 Å². The third-order valence-corrected chi connectivity index (χ3v) is 11.4. The summed E-state index contributed by atoms with van der Waals surface area (Å²) < 4.78 is 16.8. The number of hydrogen-bond acceptors (Lipinski definition) is 6. The Morgan fingerprint density at radius 2 is 0.600 bits per heavy atom. The van der Waals surface area contributed by atoms with E-state index >= 15 is 0 Å². The van der Waals surface area contributed by atoms with Gasteiger partial charge in [-0.15, -0.1) is 0 Å². The molecule has 1 atom stereocenters. The maximum atomic E-state index is 12.8. The van der Waals surface area contributed by atoms with Gasteiger partial charge in [0.25, 0.3) is 0 Å². The van der Waals surface area contributed by atoms with E-state index in [1.807, 2.05) is 0 Å². The number of carbonyl (C=O) groups excluding carboxylic acids is 3. The molecule has 0 N–H and O–H groups in total. The Morgan fingerprint density at radius 1 is 0.323 bits per heavy atom. The van der Waals surface area contributed by atoms with Gasteiger partial charge >= 0.3 is 17.9 Å². The lowest BCUT2D eigenvalue weighted by molar-refractivity contribution is -0.167. The molecule has 0 aliphatic heterocycles. The Labute approximate surface area is 401 Å². The van der Waals surface area contributed by atoms with Crippen LogP contribution in [-0.4, -0.2) is 37.2 Å².